The summed E-state index contributed by atoms with van der Waals surface area (Å²) in [6.45, 7) is 2.59. The van der Waals surface area contributed by atoms with Crippen molar-refractivity contribution in [2.75, 3.05) is 27.3 Å². The first-order valence-electron chi connectivity index (χ1n) is 10.8. The molecule has 5 saturated heterocycles. The lowest BCUT2D eigenvalue weighted by atomic mass is 9.63. The molecular formula is C21H25N3O7. The lowest BCUT2D eigenvalue weighted by Crippen LogP contribution is -2.81. The third-order valence-corrected chi connectivity index (χ3v) is 8.74. The molecule has 6 heterocycles. The van der Waals surface area contributed by atoms with Crippen molar-refractivity contribution in [1.29, 1.82) is 0 Å². The lowest BCUT2D eigenvalue weighted by Gasteiger charge is -2.62. The highest BCUT2D eigenvalue weighted by atomic mass is 16.6. The number of piperazine rings is 1. The number of hydrogen-bond acceptors (Lipinski definition) is 10. The predicted octanol–water partition coefficient (Wildman–Crippen LogP) is -1.85. The molecule has 0 radical (unpaired) electrons. The number of Topliss-reactive ketones (excluding diaryl/α,β-unsaturated/α-hetero) is 2. The van der Waals surface area contributed by atoms with Crippen LogP contribution in [0.25, 0.3) is 0 Å². The van der Waals surface area contributed by atoms with Crippen molar-refractivity contribution in [2.24, 2.45) is 5.92 Å². The number of ether oxygens (including phenoxy) is 3. The van der Waals surface area contributed by atoms with Gasteiger partial charge in [-0.3, -0.25) is 19.4 Å². The first-order chi connectivity index (χ1) is 14.8. The van der Waals surface area contributed by atoms with Crippen molar-refractivity contribution < 1.29 is 34.0 Å². The molecule has 0 spiro atoms. The van der Waals surface area contributed by atoms with E-state index in [1.165, 1.54) is 14.0 Å². The van der Waals surface area contributed by atoms with E-state index in [0.29, 0.717) is 13.2 Å². The number of fused-ring (bicyclic) bond motifs is 7. The topological polar surface area (TPSA) is 112 Å². The number of aliphatic hydroxyl groups excluding tert-OH is 1. The van der Waals surface area contributed by atoms with Crippen LogP contribution in [0.3, 0.4) is 0 Å². The van der Waals surface area contributed by atoms with E-state index in [2.05, 4.69) is 9.80 Å². The molecule has 9 unspecified atom stereocenters. The van der Waals surface area contributed by atoms with Gasteiger partial charge in [-0.1, -0.05) is 0 Å². The summed E-state index contributed by atoms with van der Waals surface area (Å²) in [6, 6.07) is -0.978. The van der Waals surface area contributed by atoms with Crippen molar-refractivity contribution in [1.82, 2.24) is 14.7 Å². The van der Waals surface area contributed by atoms with Crippen molar-refractivity contribution >= 4 is 11.6 Å². The fraction of sp³-hybridized carbons (Fsp3) is 0.714. The number of rotatable bonds is 1. The van der Waals surface area contributed by atoms with Gasteiger partial charge < -0.3 is 29.3 Å². The number of hydrogen-bond donors (Lipinski definition) is 2. The Hall–Kier alpha value is -1.82. The summed E-state index contributed by atoms with van der Waals surface area (Å²) in [5.74, 6) is -1.02. The summed E-state index contributed by atoms with van der Waals surface area (Å²) in [5.41, 5.74) is -1.89. The molecule has 7 rings (SSSR count). The van der Waals surface area contributed by atoms with Crippen LogP contribution < -0.4 is 0 Å². The summed E-state index contributed by atoms with van der Waals surface area (Å²) in [5, 5.41) is 23.1. The zero-order valence-corrected chi connectivity index (χ0v) is 17.5. The summed E-state index contributed by atoms with van der Waals surface area (Å²) >= 11 is 0. The molecule has 31 heavy (non-hydrogen) atoms. The predicted molar refractivity (Wildman–Crippen MR) is 102 cm³/mol. The van der Waals surface area contributed by atoms with Crippen LogP contribution in [0, 0.1) is 5.92 Å². The SMILES string of the molecule is COC1=C(C)C(=O)C2(O)C(=C3C(O)OC4C5CC6C(C(C2N2CCOC62)N34)N5C)C1=O. The van der Waals surface area contributed by atoms with Crippen LogP contribution in [0.1, 0.15) is 13.3 Å². The highest BCUT2D eigenvalue weighted by Gasteiger charge is 2.75. The van der Waals surface area contributed by atoms with Crippen LogP contribution in [0.5, 0.6) is 0 Å². The number of aliphatic hydroxyl groups is 2. The Morgan fingerprint density at radius 3 is 2.74 bits per heavy atom. The smallest absolute Gasteiger partial charge is 0.229 e. The van der Waals surface area contributed by atoms with Crippen LogP contribution in [-0.4, -0.2) is 112 Å². The third kappa shape index (κ3) is 1.78. The maximum Gasteiger partial charge on any atom is 0.229 e. The Kier molecular flexibility index (Phi) is 3.36. The molecule has 2 bridgehead atoms. The summed E-state index contributed by atoms with van der Waals surface area (Å²) in [7, 11) is 3.37. The van der Waals surface area contributed by atoms with Crippen LogP contribution in [0.15, 0.2) is 22.6 Å². The number of nitrogens with zero attached hydrogens (tertiary/aromatic N) is 3. The molecule has 0 saturated carbocycles. The Morgan fingerprint density at radius 2 is 2.00 bits per heavy atom. The number of allylic oxidation sites excluding steroid dienone is 1. The second-order valence-electron chi connectivity index (χ2n) is 9.69. The van der Waals surface area contributed by atoms with E-state index in [9.17, 15) is 19.8 Å². The second kappa shape index (κ2) is 5.56. The normalized spacial score (nSPS) is 50.4. The monoisotopic (exact) mass is 431 g/mol. The van der Waals surface area contributed by atoms with Gasteiger partial charge in [-0.15, -0.1) is 0 Å². The first-order valence-corrected chi connectivity index (χ1v) is 10.8. The van der Waals surface area contributed by atoms with Crippen molar-refractivity contribution in [3.63, 3.8) is 0 Å². The maximum atomic E-state index is 13.7. The molecule has 2 N–H and O–H groups in total. The Bertz CT molecular complexity index is 1010. The Labute approximate surface area is 178 Å². The lowest BCUT2D eigenvalue weighted by molar-refractivity contribution is -0.197. The summed E-state index contributed by atoms with van der Waals surface area (Å²) < 4.78 is 17.4. The number of carbonyl (C=O) groups is 2. The number of likely N-dealkylation sites (N-methyl/N-ethyl adjacent to an activating group) is 1. The minimum Gasteiger partial charge on any atom is -0.492 e. The van der Waals surface area contributed by atoms with Gasteiger partial charge in [0.15, 0.2) is 23.4 Å². The molecule has 0 aromatic rings. The molecule has 166 valence electrons. The second-order valence-corrected chi connectivity index (χ2v) is 9.69. The number of carbonyl (C=O) groups excluding carboxylic acids is 2. The first kappa shape index (κ1) is 18.7. The maximum absolute atomic E-state index is 13.7. The Morgan fingerprint density at radius 1 is 1.23 bits per heavy atom. The van der Waals surface area contributed by atoms with Gasteiger partial charge in [0.2, 0.25) is 5.78 Å². The largest absolute Gasteiger partial charge is 0.492 e. The van der Waals surface area contributed by atoms with Crippen molar-refractivity contribution in [3.05, 3.63) is 22.6 Å². The molecule has 10 heteroatoms. The highest BCUT2D eigenvalue weighted by molar-refractivity contribution is 6.24. The summed E-state index contributed by atoms with van der Waals surface area (Å²) in [6.07, 6.45) is -1.25. The van der Waals surface area contributed by atoms with Gasteiger partial charge in [-0.05, 0) is 20.4 Å². The number of piperidine rings is 1. The van der Waals surface area contributed by atoms with E-state index in [4.69, 9.17) is 14.2 Å². The van der Waals surface area contributed by atoms with Gasteiger partial charge in [0.25, 0.3) is 0 Å². The minimum absolute atomic E-state index is 0.0103. The fourth-order valence-corrected chi connectivity index (χ4v) is 7.74. The zero-order chi connectivity index (χ0) is 21.6. The van der Waals surface area contributed by atoms with Gasteiger partial charge in [0.05, 0.1) is 43.1 Å². The zero-order valence-electron chi connectivity index (χ0n) is 17.5. The van der Waals surface area contributed by atoms with Crippen LogP contribution in [0.4, 0.5) is 0 Å². The molecule has 10 nitrogen and oxygen atoms in total. The standard InChI is InChI=1S/C21H25N3O7/c1-7-15(29-3)14(25)10-12-20(27)31-19-9-6-8-11(22(9)2)13(24(12)19)16(21(10,28)17(7)26)23-4-5-30-18(8)23/h8-9,11,13,16,18-20,27-28H,4-6H2,1-3H3. The molecule has 0 aromatic heterocycles. The molecule has 0 aromatic carbocycles. The fourth-order valence-electron chi connectivity index (χ4n) is 7.74. The van der Waals surface area contributed by atoms with E-state index in [1.54, 1.807) is 0 Å². The van der Waals surface area contributed by atoms with Gasteiger partial charge >= 0.3 is 0 Å². The van der Waals surface area contributed by atoms with E-state index in [1.807, 2.05) is 11.9 Å². The quantitative estimate of drug-likeness (QED) is 0.491. The molecule has 0 amide bonds. The van der Waals surface area contributed by atoms with Crippen molar-refractivity contribution in [3.8, 4) is 0 Å². The van der Waals surface area contributed by atoms with E-state index in [0.717, 1.165) is 6.42 Å². The van der Waals surface area contributed by atoms with E-state index in [-0.39, 0.29) is 52.9 Å². The molecule has 1 aliphatic carbocycles. The van der Waals surface area contributed by atoms with Gasteiger partial charge in [0.1, 0.15) is 12.5 Å². The van der Waals surface area contributed by atoms with E-state index < -0.39 is 35.7 Å². The molecular weight excluding hydrogens is 406 g/mol. The highest BCUT2D eigenvalue weighted by Crippen LogP contribution is 2.59. The molecule has 6 aliphatic heterocycles. The third-order valence-electron chi connectivity index (χ3n) is 8.74. The molecule has 5 fully saturated rings. The van der Waals surface area contributed by atoms with E-state index >= 15 is 0 Å². The average Bonchev–Trinajstić information content (AvgIpc) is 3.41. The van der Waals surface area contributed by atoms with Gasteiger partial charge in [-0.2, -0.15) is 0 Å². The van der Waals surface area contributed by atoms with Gasteiger partial charge in [-0.25, -0.2) is 0 Å². The molecule has 7 aliphatic rings. The van der Waals surface area contributed by atoms with Crippen LogP contribution >= 0.6 is 0 Å². The average molecular weight is 431 g/mol. The van der Waals surface area contributed by atoms with Crippen molar-refractivity contribution in [2.45, 2.75) is 61.9 Å². The Balaban J connectivity index is 1.56. The minimum atomic E-state index is -2.11. The van der Waals surface area contributed by atoms with Crippen LogP contribution in [-0.2, 0) is 23.8 Å². The number of ketones is 2. The van der Waals surface area contributed by atoms with Gasteiger partial charge in [0, 0.05) is 24.1 Å². The van der Waals surface area contributed by atoms with Crippen LogP contribution in [0.2, 0.25) is 0 Å². The number of methoxy groups -OCH3 is 1. The molecule has 9 atom stereocenters. The summed E-state index contributed by atoms with van der Waals surface area (Å²) in [4.78, 5) is 33.6.